The Bertz CT molecular complexity index is 625. The lowest BCUT2D eigenvalue weighted by molar-refractivity contribution is 0.397. The van der Waals surface area contributed by atoms with Crippen LogP contribution in [-0.2, 0) is 5.41 Å². The summed E-state index contributed by atoms with van der Waals surface area (Å²) < 4.78 is 5.14. The van der Waals surface area contributed by atoms with Gasteiger partial charge in [0.1, 0.15) is 0 Å². The lowest BCUT2D eigenvalue weighted by Crippen LogP contribution is -2.15. The van der Waals surface area contributed by atoms with Crippen LogP contribution in [0.3, 0.4) is 0 Å². The van der Waals surface area contributed by atoms with Gasteiger partial charge in [0.05, 0.1) is 13.2 Å². The molecular weight excluding hydrogens is 250 g/mol. The number of hydrogen-bond donors (Lipinski definition) is 1. The van der Waals surface area contributed by atoms with E-state index in [1.54, 1.807) is 19.4 Å². The Morgan fingerprint density at radius 3 is 2.85 bits per heavy atom. The van der Waals surface area contributed by atoms with Crippen LogP contribution in [0.5, 0.6) is 5.88 Å². The average molecular weight is 269 g/mol. The molecule has 0 amide bonds. The standard InChI is InChI=1S/C16H19N3O/c1-16(2)10-13(11-6-4-5-7-12(11)16)18-15-17-9-8-14(19-15)20-3/h4-9,13H,10H2,1-3H3,(H,17,18,19). The molecule has 4 nitrogen and oxygen atoms in total. The molecular formula is C16H19N3O. The summed E-state index contributed by atoms with van der Waals surface area (Å²) in [5, 5.41) is 3.43. The van der Waals surface area contributed by atoms with E-state index >= 15 is 0 Å². The van der Waals surface area contributed by atoms with Crippen molar-refractivity contribution >= 4 is 5.95 Å². The van der Waals surface area contributed by atoms with Crippen molar-refractivity contribution in [2.24, 2.45) is 0 Å². The summed E-state index contributed by atoms with van der Waals surface area (Å²) in [6.45, 7) is 4.56. The zero-order chi connectivity index (χ0) is 14.2. The van der Waals surface area contributed by atoms with Crippen molar-refractivity contribution < 1.29 is 4.74 Å². The van der Waals surface area contributed by atoms with Gasteiger partial charge in [0.15, 0.2) is 0 Å². The molecule has 4 heteroatoms. The van der Waals surface area contributed by atoms with Gasteiger partial charge in [-0.15, -0.1) is 0 Å². The Balaban J connectivity index is 1.89. The topological polar surface area (TPSA) is 47.0 Å². The summed E-state index contributed by atoms with van der Waals surface area (Å²) in [5.74, 6) is 1.19. The van der Waals surface area contributed by atoms with Crippen LogP contribution in [0.25, 0.3) is 0 Å². The number of anilines is 1. The van der Waals surface area contributed by atoms with Gasteiger partial charge >= 0.3 is 0 Å². The SMILES string of the molecule is COc1ccnc(NC2CC(C)(C)c3ccccc32)n1. The number of nitrogens with zero attached hydrogens (tertiary/aromatic N) is 2. The van der Waals surface area contributed by atoms with Crippen LogP contribution >= 0.6 is 0 Å². The second-order valence-electron chi connectivity index (χ2n) is 5.79. The minimum Gasteiger partial charge on any atom is -0.481 e. The van der Waals surface area contributed by atoms with E-state index in [1.165, 1.54) is 11.1 Å². The maximum absolute atomic E-state index is 5.14. The Kier molecular flexibility index (Phi) is 3.08. The van der Waals surface area contributed by atoms with E-state index in [-0.39, 0.29) is 11.5 Å². The summed E-state index contributed by atoms with van der Waals surface area (Å²) in [5.41, 5.74) is 2.91. The van der Waals surface area contributed by atoms with E-state index in [1.807, 2.05) is 0 Å². The molecule has 1 atom stereocenters. The highest BCUT2D eigenvalue weighted by atomic mass is 16.5. The predicted octanol–water partition coefficient (Wildman–Crippen LogP) is 3.32. The number of rotatable bonds is 3. The highest BCUT2D eigenvalue weighted by Gasteiger charge is 2.36. The number of hydrogen-bond acceptors (Lipinski definition) is 4. The summed E-state index contributed by atoms with van der Waals surface area (Å²) in [4.78, 5) is 8.60. The van der Waals surface area contributed by atoms with Crippen molar-refractivity contribution in [2.75, 3.05) is 12.4 Å². The fourth-order valence-electron chi connectivity index (χ4n) is 2.96. The summed E-state index contributed by atoms with van der Waals surface area (Å²) in [7, 11) is 1.61. The molecule has 2 aromatic rings. The molecule has 104 valence electrons. The zero-order valence-electron chi connectivity index (χ0n) is 12.1. The molecule has 0 radical (unpaired) electrons. The largest absolute Gasteiger partial charge is 0.481 e. The molecule has 1 heterocycles. The lowest BCUT2D eigenvalue weighted by Gasteiger charge is -2.19. The molecule has 1 N–H and O–H groups in total. The van der Waals surface area contributed by atoms with Crippen molar-refractivity contribution in [1.29, 1.82) is 0 Å². The normalized spacial score (nSPS) is 19.4. The van der Waals surface area contributed by atoms with Gasteiger partial charge in [0, 0.05) is 12.3 Å². The zero-order valence-corrected chi connectivity index (χ0v) is 12.1. The minimum atomic E-state index is 0.174. The Hall–Kier alpha value is -2.10. The second-order valence-corrected chi connectivity index (χ2v) is 5.79. The Labute approximate surface area is 119 Å². The van der Waals surface area contributed by atoms with E-state index < -0.39 is 0 Å². The van der Waals surface area contributed by atoms with Gasteiger partial charge in [0.25, 0.3) is 0 Å². The van der Waals surface area contributed by atoms with Crippen LogP contribution in [0.15, 0.2) is 36.5 Å². The number of aromatic nitrogens is 2. The van der Waals surface area contributed by atoms with Crippen LogP contribution < -0.4 is 10.1 Å². The first-order valence-corrected chi connectivity index (χ1v) is 6.83. The first-order chi connectivity index (χ1) is 9.60. The van der Waals surface area contributed by atoms with Crippen molar-refractivity contribution in [3.63, 3.8) is 0 Å². The van der Waals surface area contributed by atoms with Crippen LogP contribution in [-0.4, -0.2) is 17.1 Å². The Morgan fingerprint density at radius 2 is 2.05 bits per heavy atom. The third-order valence-electron chi connectivity index (χ3n) is 3.92. The van der Waals surface area contributed by atoms with Crippen molar-refractivity contribution in [3.05, 3.63) is 47.7 Å². The molecule has 20 heavy (non-hydrogen) atoms. The fraction of sp³-hybridized carbons (Fsp3) is 0.375. The number of benzene rings is 1. The first-order valence-electron chi connectivity index (χ1n) is 6.83. The Morgan fingerprint density at radius 1 is 1.25 bits per heavy atom. The number of ether oxygens (including phenoxy) is 1. The second kappa shape index (κ2) is 4.78. The van der Waals surface area contributed by atoms with E-state index in [0.717, 1.165) is 6.42 Å². The van der Waals surface area contributed by atoms with Crippen LogP contribution in [0, 0.1) is 0 Å². The highest BCUT2D eigenvalue weighted by molar-refractivity contribution is 5.45. The van der Waals surface area contributed by atoms with Crippen molar-refractivity contribution in [2.45, 2.75) is 31.7 Å². The monoisotopic (exact) mass is 269 g/mol. The molecule has 1 aliphatic carbocycles. The first kappa shape index (κ1) is 12.9. The van der Waals surface area contributed by atoms with Gasteiger partial charge in [-0.3, -0.25) is 0 Å². The van der Waals surface area contributed by atoms with Crippen LogP contribution in [0.1, 0.15) is 37.4 Å². The van der Waals surface area contributed by atoms with Crippen molar-refractivity contribution in [3.8, 4) is 5.88 Å². The summed E-state index contributed by atoms with van der Waals surface area (Å²) in [6.07, 6.45) is 2.74. The molecule has 1 unspecified atom stereocenters. The highest BCUT2D eigenvalue weighted by Crippen LogP contribution is 2.45. The van der Waals surface area contributed by atoms with Gasteiger partial charge < -0.3 is 10.1 Å². The molecule has 0 fully saturated rings. The smallest absolute Gasteiger partial charge is 0.226 e. The van der Waals surface area contributed by atoms with Gasteiger partial charge in [-0.2, -0.15) is 4.98 Å². The molecule has 0 spiro atoms. The molecule has 0 bridgehead atoms. The van der Waals surface area contributed by atoms with Crippen molar-refractivity contribution in [1.82, 2.24) is 9.97 Å². The van der Waals surface area contributed by atoms with Gasteiger partial charge in [-0.05, 0) is 23.0 Å². The van der Waals surface area contributed by atoms with E-state index in [0.29, 0.717) is 11.8 Å². The summed E-state index contributed by atoms with van der Waals surface area (Å²) in [6, 6.07) is 10.6. The maximum Gasteiger partial charge on any atom is 0.226 e. The number of nitrogens with one attached hydrogen (secondary N) is 1. The maximum atomic E-state index is 5.14. The fourth-order valence-corrected chi connectivity index (χ4v) is 2.96. The van der Waals surface area contributed by atoms with E-state index in [9.17, 15) is 0 Å². The molecule has 1 aliphatic rings. The predicted molar refractivity (Wildman–Crippen MR) is 79.0 cm³/mol. The quantitative estimate of drug-likeness (QED) is 0.928. The molecule has 1 aromatic carbocycles. The number of methoxy groups -OCH3 is 1. The lowest BCUT2D eigenvalue weighted by atomic mass is 9.86. The molecule has 0 saturated heterocycles. The van der Waals surface area contributed by atoms with E-state index in [4.69, 9.17) is 4.74 Å². The molecule has 0 aliphatic heterocycles. The third kappa shape index (κ3) is 2.22. The van der Waals surface area contributed by atoms with Crippen LogP contribution in [0.4, 0.5) is 5.95 Å². The summed E-state index contributed by atoms with van der Waals surface area (Å²) >= 11 is 0. The third-order valence-corrected chi connectivity index (χ3v) is 3.92. The molecule has 1 aromatic heterocycles. The van der Waals surface area contributed by atoms with Gasteiger partial charge in [-0.25, -0.2) is 4.98 Å². The van der Waals surface area contributed by atoms with Gasteiger partial charge in [-0.1, -0.05) is 38.1 Å². The molecule has 0 saturated carbocycles. The minimum absolute atomic E-state index is 0.174. The van der Waals surface area contributed by atoms with E-state index in [2.05, 4.69) is 53.4 Å². The van der Waals surface area contributed by atoms with Gasteiger partial charge in [0.2, 0.25) is 11.8 Å². The number of fused-ring (bicyclic) bond motifs is 1. The van der Waals surface area contributed by atoms with Crippen LogP contribution in [0.2, 0.25) is 0 Å². The average Bonchev–Trinajstić information content (AvgIpc) is 2.71. The molecule has 3 rings (SSSR count).